The van der Waals surface area contributed by atoms with E-state index in [4.69, 9.17) is 16.3 Å². The van der Waals surface area contributed by atoms with Crippen molar-refractivity contribution in [1.29, 1.82) is 0 Å². The van der Waals surface area contributed by atoms with Crippen molar-refractivity contribution < 1.29 is 14.3 Å². The molecule has 3 aromatic rings. The molecule has 0 aliphatic carbocycles. The molecular weight excluding hydrogens is 380 g/mol. The van der Waals surface area contributed by atoms with Gasteiger partial charge in [-0.2, -0.15) is 0 Å². The fourth-order valence-electron chi connectivity index (χ4n) is 2.70. The normalized spacial score (nSPS) is 10.4. The molecule has 1 amide bonds. The smallest absolute Gasteiger partial charge is 0.339 e. The van der Waals surface area contributed by atoms with Crippen LogP contribution in [0.1, 0.15) is 26.3 Å². The van der Waals surface area contributed by atoms with Crippen molar-refractivity contribution >= 4 is 29.2 Å². The minimum Gasteiger partial charge on any atom is -0.465 e. The van der Waals surface area contributed by atoms with Gasteiger partial charge < -0.3 is 14.6 Å². The maximum Gasteiger partial charge on any atom is 0.339 e. The van der Waals surface area contributed by atoms with E-state index in [1.54, 1.807) is 42.5 Å². The molecule has 1 heterocycles. The third kappa shape index (κ3) is 4.47. The lowest BCUT2D eigenvalue weighted by Crippen LogP contribution is -2.23. The minimum atomic E-state index is -0.554. The number of ether oxygens (including phenoxy) is 1. The number of anilines is 1. The molecular formula is C21H17ClN2O4. The number of hydrogen-bond donors (Lipinski definition) is 1. The van der Waals surface area contributed by atoms with E-state index in [2.05, 4.69) is 5.32 Å². The standard InChI is InChI=1S/C21H17ClN2O4/c1-28-21(27)17-7-2-3-8-18(17)23-20(26)15-9-10-19(25)24(13-15)12-14-5-4-6-16(22)11-14/h2-11,13H,12H2,1H3,(H,23,26). The van der Waals surface area contributed by atoms with Gasteiger partial charge in [-0.05, 0) is 35.9 Å². The van der Waals surface area contributed by atoms with Crippen molar-refractivity contribution in [1.82, 2.24) is 4.57 Å². The van der Waals surface area contributed by atoms with Crippen LogP contribution in [-0.4, -0.2) is 23.6 Å². The van der Waals surface area contributed by atoms with E-state index in [1.165, 1.54) is 30.0 Å². The van der Waals surface area contributed by atoms with Crippen LogP contribution in [0, 0.1) is 0 Å². The summed E-state index contributed by atoms with van der Waals surface area (Å²) in [6, 6.07) is 16.4. The van der Waals surface area contributed by atoms with Crippen LogP contribution in [0.2, 0.25) is 5.02 Å². The molecule has 28 heavy (non-hydrogen) atoms. The molecule has 0 atom stereocenters. The Morgan fingerprint density at radius 3 is 2.61 bits per heavy atom. The van der Waals surface area contributed by atoms with Crippen LogP contribution >= 0.6 is 11.6 Å². The zero-order valence-corrected chi connectivity index (χ0v) is 15.8. The first-order valence-corrected chi connectivity index (χ1v) is 8.79. The average Bonchev–Trinajstić information content (AvgIpc) is 2.69. The Labute approximate surface area is 166 Å². The molecule has 2 aromatic carbocycles. The quantitative estimate of drug-likeness (QED) is 0.668. The molecule has 0 aliphatic rings. The second kappa shape index (κ2) is 8.54. The summed E-state index contributed by atoms with van der Waals surface area (Å²) in [4.78, 5) is 36.7. The molecule has 0 saturated heterocycles. The van der Waals surface area contributed by atoms with Gasteiger partial charge in [-0.15, -0.1) is 0 Å². The number of methoxy groups -OCH3 is 1. The van der Waals surface area contributed by atoms with Gasteiger partial charge in [-0.25, -0.2) is 4.79 Å². The van der Waals surface area contributed by atoms with E-state index in [0.29, 0.717) is 10.7 Å². The lowest BCUT2D eigenvalue weighted by molar-refractivity contribution is 0.0602. The van der Waals surface area contributed by atoms with Crippen LogP contribution in [-0.2, 0) is 11.3 Å². The Morgan fingerprint density at radius 1 is 1.07 bits per heavy atom. The van der Waals surface area contributed by atoms with Crippen molar-refractivity contribution in [3.8, 4) is 0 Å². The van der Waals surface area contributed by atoms with Gasteiger partial charge in [0.05, 0.1) is 30.5 Å². The SMILES string of the molecule is COC(=O)c1ccccc1NC(=O)c1ccc(=O)n(Cc2cccc(Cl)c2)c1. The zero-order valence-electron chi connectivity index (χ0n) is 15.0. The van der Waals surface area contributed by atoms with Gasteiger partial charge in [0.1, 0.15) is 0 Å². The second-order valence-corrected chi connectivity index (χ2v) is 6.44. The molecule has 1 aromatic heterocycles. The number of halogens is 1. The number of amides is 1. The summed E-state index contributed by atoms with van der Waals surface area (Å²) >= 11 is 5.99. The van der Waals surface area contributed by atoms with Crippen molar-refractivity contribution in [2.24, 2.45) is 0 Å². The van der Waals surface area contributed by atoms with E-state index >= 15 is 0 Å². The summed E-state index contributed by atoms with van der Waals surface area (Å²) in [7, 11) is 1.27. The Kier molecular flexibility index (Phi) is 5.91. The third-order valence-corrected chi connectivity index (χ3v) is 4.30. The van der Waals surface area contributed by atoms with Gasteiger partial charge in [0.15, 0.2) is 0 Å². The molecule has 142 valence electrons. The predicted octanol–water partition coefficient (Wildman–Crippen LogP) is 3.59. The lowest BCUT2D eigenvalue weighted by Gasteiger charge is -2.11. The highest BCUT2D eigenvalue weighted by Gasteiger charge is 2.15. The number of nitrogens with one attached hydrogen (secondary N) is 1. The maximum atomic E-state index is 12.6. The Morgan fingerprint density at radius 2 is 1.86 bits per heavy atom. The molecule has 0 spiro atoms. The van der Waals surface area contributed by atoms with Crippen LogP contribution in [0.15, 0.2) is 71.7 Å². The molecule has 1 N–H and O–H groups in total. The first-order valence-electron chi connectivity index (χ1n) is 8.41. The fraction of sp³-hybridized carbons (Fsp3) is 0.0952. The molecule has 0 aliphatic heterocycles. The van der Waals surface area contributed by atoms with Gasteiger partial charge in [0, 0.05) is 17.3 Å². The average molecular weight is 397 g/mol. The second-order valence-electron chi connectivity index (χ2n) is 6.01. The Bertz CT molecular complexity index is 1090. The van der Waals surface area contributed by atoms with Crippen molar-refractivity contribution in [2.75, 3.05) is 12.4 Å². The number of rotatable bonds is 5. The van der Waals surface area contributed by atoms with Gasteiger partial charge in [0.2, 0.25) is 0 Å². The number of benzene rings is 2. The highest BCUT2D eigenvalue weighted by Crippen LogP contribution is 2.17. The van der Waals surface area contributed by atoms with Crippen LogP contribution in [0.5, 0.6) is 0 Å². The van der Waals surface area contributed by atoms with E-state index in [9.17, 15) is 14.4 Å². The summed E-state index contributed by atoms with van der Waals surface area (Å²) in [6.07, 6.45) is 1.47. The molecule has 0 radical (unpaired) electrons. The zero-order chi connectivity index (χ0) is 20.1. The van der Waals surface area contributed by atoms with Crippen molar-refractivity contribution in [2.45, 2.75) is 6.54 Å². The van der Waals surface area contributed by atoms with Crippen molar-refractivity contribution in [3.63, 3.8) is 0 Å². The van der Waals surface area contributed by atoms with Crippen LogP contribution in [0.3, 0.4) is 0 Å². The molecule has 3 rings (SSSR count). The lowest BCUT2D eigenvalue weighted by atomic mass is 10.1. The number of aromatic nitrogens is 1. The monoisotopic (exact) mass is 396 g/mol. The first kappa shape index (κ1) is 19.4. The highest BCUT2D eigenvalue weighted by molar-refractivity contribution is 6.30. The maximum absolute atomic E-state index is 12.6. The van der Waals surface area contributed by atoms with Gasteiger partial charge in [-0.1, -0.05) is 35.9 Å². The largest absolute Gasteiger partial charge is 0.465 e. The minimum absolute atomic E-state index is 0.241. The van der Waals surface area contributed by atoms with Crippen LogP contribution in [0.4, 0.5) is 5.69 Å². The van der Waals surface area contributed by atoms with E-state index in [1.807, 2.05) is 6.07 Å². The molecule has 0 unspecified atom stereocenters. The Hall–Kier alpha value is -3.38. The summed E-state index contributed by atoms with van der Waals surface area (Å²) in [6.45, 7) is 0.277. The molecule has 7 heteroatoms. The molecule has 0 saturated carbocycles. The number of para-hydroxylation sites is 1. The van der Waals surface area contributed by atoms with Crippen LogP contribution < -0.4 is 10.9 Å². The summed E-state index contributed by atoms with van der Waals surface area (Å²) in [5.74, 6) is -1.00. The predicted molar refractivity (Wildman–Crippen MR) is 107 cm³/mol. The number of hydrogen-bond acceptors (Lipinski definition) is 4. The number of nitrogens with zero attached hydrogens (tertiary/aromatic N) is 1. The summed E-state index contributed by atoms with van der Waals surface area (Å²) in [5, 5.41) is 3.25. The molecule has 0 bridgehead atoms. The number of carbonyl (C=O) groups excluding carboxylic acids is 2. The number of carbonyl (C=O) groups is 2. The van der Waals surface area contributed by atoms with Crippen LogP contribution in [0.25, 0.3) is 0 Å². The van der Waals surface area contributed by atoms with Crippen molar-refractivity contribution in [3.05, 3.63) is 98.9 Å². The fourth-order valence-corrected chi connectivity index (χ4v) is 2.91. The van der Waals surface area contributed by atoms with Gasteiger partial charge in [-0.3, -0.25) is 9.59 Å². The topological polar surface area (TPSA) is 77.4 Å². The summed E-state index contributed by atoms with van der Waals surface area (Å²) < 4.78 is 6.15. The van der Waals surface area contributed by atoms with Gasteiger partial charge >= 0.3 is 5.97 Å². The number of pyridine rings is 1. The third-order valence-electron chi connectivity index (χ3n) is 4.07. The number of esters is 1. The summed E-state index contributed by atoms with van der Waals surface area (Å²) in [5.41, 5.74) is 1.44. The van der Waals surface area contributed by atoms with E-state index < -0.39 is 11.9 Å². The molecule has 6 nitrogen and oxygen atoms in total. The highest BCUT2D eigenvalue weighted by atomic mass is 35.5. The van der Waals surface area contributed by atoms with Gasteiger partial charge in [0.25, 0.3) is 11.5 Å². The van der Waals surface area contributed by atoms with E-state index in [-0.39, 0.29) is 23.2 Å². The molecule has 0 fully saturated rings. The first-order chi connectivity index (χ1) is 13.5. The van der Waals surface area contributed by atoms with E-state index in [0.717, 1.165) is 5.56 Å². The Balaban J connectivity index is 1.86.